The first-order chi connectivity index (χ1) is 6.61. The summed E-state index contributed by atoms with van der Waals surface area (Å²) in [5.74, 6) is 0. The van der Waals surface area contributed by atoms with Crippen molar-refractivity contribution in [3.8, 4) is 0 Å². The minimum absolute atomic E-state index is 0.426. The first-order valence-corrected chi connectivity index (χ1v) is 5.53. The van der Waals surface area contributed by atoms with Crippen LogP contribution in [-0.4, -0.2) is 9.55 Å². The molecule has 0 fully saturated rings. The largest absolute Gasteiger partial charge is 0.316 e. The van der Waals surface area contributed by atoms with Gasteiger partial charge in [0.05, 0.1) is 11.0 Å². The van der Waals surface area contributed by atoms with E-state index in [9.17, 15) is 0 Å². The molecule has 1 heterocycles. The molecule has 0 unspecified atom stereocenters. The van der Waals surface area contributed by atoms with Crippen LogP contribution in [0.15, 0.2) is 22.9 Å². The van der Waals surface area contributed by atoms with Gasteiger partial charge in [0.15, 0.2) is 4.73 Å². The molecule has 1 aromatic carbocycles. The van der Waals surface area contributed by atoms with Crippen molar-refractivity contribution in [3.63, 3.8) is 0 Å². The molecule has 1 aromatic heterocycles. The van der Waals surface area contributed by atoms with E-state index in [-0.39, 0.29) is 0 Å². The van der Waals surface area contributed by atoms with Gasteiger partial charge in [0.1, 0.15) is 0 Å². The van der Waals surface area contributed by atoms with Crippen LogP contribution in [0.1, 0.15) is 25.5 Å². The smallest absolute Gasteiger partial charge is 0.178 e. The Kier molecular flexibility index (Phi) is 2.35. The van der Waals surface area contributed by atoms with Crippen LogP contribution in [0.2, 0.25) is 0 Å². The van der Waals surface area contributed by atoms with Crippen molar-refractivity contribution >= 4 is 27.0 Å². The summed E-state index contributed by atoms with van der Waals surface area (Å²) in [5.41, 5.74) is 3.56. The summed E-state index contributed by atoms with van der Waals surface area (Å²) >= 11 is 3.50. The minimum Gasteiger partial charge on any atom is -0.316 e. The average Bonchev–Trinajstić information content (AvgIpc) is 2.42. The number of halogens is 1. The molecule has 2 nitrogen and oxygen atoms in total. The Balaban J connectivity index is 2.86. The molecule has 2 rings (SSSR count). The number of benzene rings is 1. The van der Waals surface area contributed by atoms with E-state index >= 15 is 0 Å². The van der Waals surface area contributed by atoms with Gasteiger partial charge in [-0.2, -0.15) is 0 Å². The van der Waals surface area contributed by atoms with E-state index in [0.29, 0.717) is 6.04 Å². The van der Waals surface area contributed by atoms with Gasteiger partial charge in [-0.05, 0) is 48.3 Å². The predicted molar refractivity (Wildman–Crippen MR) is 62.6 cm³/mol. The fourth-order valence-corrected chi connectivity index (χ4v) is 2.54. The third-order valence-corrected chi connectivity index (χ3v) is 2.94. The van der Waals surface area contributed by atoms with Gasteiger partial charge in [0, 0.05) is 6.04 Å². The first-order valence-electron chi connectivity index (χ1n) is 4.74. The Hall–Kier alpha value is -0.830. The van der Waals surface area contributed by atoms with Crippen LogP contribution >= 0.6 is 15.9 Å². The molecule has 0 aliphatic carbocycles. The zero-order valence-electron chi connectivity index (χ0n) is 8.58. The van der Waals surface area contributed by atoms with E-state index in [2.05, 4.69) is 52.3 Å². The second-order valence-electron chi connectivity index (χ2n) is 3.79. The van der Waals surface area contributed by atoms with Crippen molar-refractivity contribution in [2.75, 3.05) is 0 Å². The van der Waals surface area contributed by atoms with Crippen LogP contribution < -0.4 is 0 Å². The number of rotatable bonds is 1. The predicted octanol–water partition coefficient (Wildman–Crippen LogP) is 3.69. The third-order valence-electron chi connectivity index (χ3n) is 2.39. The van der Waals surface area contributed by atoms with Crippen LogP contribution in [-0.2, 0) is 0 Å². The molecule has 0 radical (unpaired) electrons. The highest BCUT2D eigenvalue weighted by molar-refractivity contribution is 9.10. The summed E-state index contributed by atoms with van der Waals surface area (Å²) in [6.07, 6.45) is 0. The van der Waals surface area contributed by atoms with E-state index in [4.69, 9.17) is 0 Å². The van der Waals surface area contributed by atoms with E-state index in [1.54, 1.807) is 0 Å². The highest BCUT2D eigenvalue weighted by Gasteiger charge is 2.12. The maximum atomic E-state index is 4.47. The second kappa shape index (κ2) is 3.39. The third kappa shape index (κ3) is 1.36. The Labute approximate surface area is 92.1 Å². The first kappa shape index (κ1) is 9.71. The normalized spacial score (nSPS) is 11.5. The lowest BCUT2D eigenvalue weighted by molar-refractivity contribution is 0.603. The number of fused-ring (bicyclic) bond motifs is 1. The number of nitrogens with zero attached hydrogens (tertiary/aromatic N) is 2. The Morgan fingerprint density at radius 3 is 2.71 bits per heavy atom. The zero-order chi connectivity index (χ0) is 10.3. The molecular weight excluding hydrogens is 240 g/mol. The molecule has 3 heteroatoms. The fourth-order valence-electron chi connectivity index (χ4n) is 1.76. The van der Waals surface area contributed by atoms with Crippen molar-refractivity contribution < 1.29 is 0 Å². The van der Waals surface area contributed by atoms with Gasteiger partial charge in [-0.3, -0.25) is 0 Å². The fraction of sp³-hybridized carbons (Fsp3) is 0.364. The van der Waals surface area contributed by atoms with E-state index in [1.807, 2.05) is 12.1 Å². The van der Waals surface area contributed by atoms with Crippen LogP contribution in [0.25, 0.3) is 11.0 Å². The number of hydrogen-bond acceptors (Lipinski definition) is 1. The molecule has 0 aliphatic heterocycles. The Morgan fingerprint density at radius 2 is 2.07 bits per heavy atom. The summed E-state index contributed by atoms with van der Waals surface area (Å²) in [6.45, 7) is 6.45. The maximum absolute atomic E-state index is 4.47. The molecule has 0 aliphatic rings. The molecule has 0 bridgehead atoms. The highest BCUT2D eigenvalue weighted by atomic mass is 79.9. The topological polar surface area (TPSA) is 17.8 Å². The maximum Gasteiger partial charge on any atom is 0.178 e. The Bertz CT molecular complexity index is 471. The van der Waals surface area contributed by atoms with Crippen molar-refractivity contribution in [1.29, 1.82) is 0 Å². The molecule has 0 amide bonds. The molecule has 0 saturated carbocycles. The molecule has 2 aromatic rings. The van der Waals surface area contributed by atoms with Crippen molar-refractivity contribution in [3.05, 3.63) is 28.5 Å². The number of aryl methyl sites for hydroxylation is 1. The van der Waals surface area contributed by atoms with Crippen molar-refractivity contribution in [2.45, 2.75) is 26.8 Å². The monoisotopic (exact) mass is 252 g/mol. The van der Waals surface area contributed by atoms with E-state index in [0.717, 1.165) is 10.3 Å². The SMILES string of the molecule is Cc1cccc2nc(Br)n(C(C)C)c12. The lowest BCUT2D eigenvalue weighted by Gasteiger charge is -2.10. The molecule has 0 saturated heterocycles. The molecule has 14 heavy (non-hydrogen) atoms. The van der Waals surface area contributed by atoms with Gasteiger partial charge in [-0.1, -0.05) is 12.1 Å². The van der Waals surface area contributed by atoms with Crippen LogP contribution in [0.5, 0.6) is 0 Å². The van der Waals surface area contributed by atoms with Gasteiger partial charge in [0.25, 0.3) is 0 Å². The molecular formula is C11H13BrN2. The molecule has 0 spiro atoms. The van der Waals surface area contributed by atoms with Gasteiger partial charge < -0.3 is 4.57 Å². The zero-order valence-corrected chi connectivity index (χ0v) is 10.2. The molecule has 74 valence electrons. The summed E-state index contributed by atoms with van der Waals surface area (Å²) in [7, 11) is 0. The lowest BCUT2D eigenvalue weighted by Crippen LogP contribution is -2.01. The average molecular weight is 253 g/mol. The number of imidazole rings is 1. The number of para-hydroxylation sites is 1. The van der Waals surface area contributed by atoms with Crippen LogP contribution in [0.4, 0.5) is 0 Å². The summed E-state index contributed by atoms with van der Waals surface area (Å²) in [4.78, 5) is 4.47. The number of aromatic nitrogens is 2. The van der Waals surface area contributed by atoms with E-state index in [1.165, 1.54) is 11.1 Å². The highest BCUT2D eigenvalue weighted by Crippen LogP contribution is 2.26. The lowest BCUT2D eigenvalue weighted by atomic mass is 10.2. The van der Waals surface area contributed by atoms with Gasteiger partial charge in [0.2, 0.25) is 0 Å². The minimum atomic E-state index is 0.426. The number of hydrogen-bond donors (Lipinski definition) is 0. The van der Waals surface area contributed by atoms with Crippen molar-refractivity contribution in [1.82, 2.24) is 9.55 Å². The van der Waals surface area contributed by atoms with Crippen molar-refractivity contribution in [2.24, 2.45) is 0 Å². The van der Waals surface area contributed by atoms with Gasteiger partial charge in [-0.25, -0.2) is 4.98 Å². The summed E-state index contributed by atoms with van der Waals surface area (Å²) in [5, 5.41) is 0. The standard InChI is InChI=1S/C11H13BrN2/c1-7(2)14-10-8(3)5-4-6-9(10)13-11(14)12/h4-7H,1-3H3. The van der Waals surface area contributed by atoms with Gasteiger partial charge in [-0.15, -0.1) is 0 Å². The van der Waals surface area contributed by atoms with Gasteiger partial charge >= 0.3 is 0 Å². The van der Waals surface area contributed by atoms with E-state index < -0.39 is 0 Å². The summed E-state index contributed by atoms with van der Waals surface area (Å²) < 4.78 is 3.13. The quantitative estimate of drug-likeness (QED) is 0.757. The van der Waals surface area contributed by atoms with Crippen LogP contribution in [0, 0.1) is 6.92 Å². The van der Waals surface area contributed by atoms with Crippen LogP contribution in [0.3, 0.4) is 0 Å². The second-order valence-corrected chi connectivity index (χ2v) is 4.50. The Morgan fingerprint density at radius 1 is 1.36 bits per heavy atom. The summed E-state index contributed by atoms with van der Waals surface area (Å²) in [6, 6.07) is 6.64. The molecule has 0 atom stereocenters. The molecule has 0 N–H and O–H groups in total.